The van der Waals surface area contributed by atoms with Crippen molar-refractivity contribution in [2.24, 2.45) is 0 Å². The average molecular weight is 277 g/mol. The van der Waals surface area contributed by atoms with Gasteiger partial charge < -0.3 is 10.4 Å². The third kappa shape index (κ3) is 3.14. The maximum Gasteiger partial charge on any atom is 0.258 e. The van der Waals surface area contributed by atoms with Crippen LogP contribution in [-0.2, 0) is 6.42 Å². The summed E-state index contributed by atoms with van der Waals surface area (Å²) < 4.78 is 13.5. The molecule has 0 fully saturated rings. The number of carbonyl (C=O) groups excluding carboxylic acids is 1. The summed E-state index contributed by atoms with van der Waals surface area (Å²) in [6.07, 6.45) is 3.23. The molecule has 0 spiro atoms. The van der Waals surface area contributed by atoms with Crippen molar-refractivity contribution in [2.45, 2.75) is 19.8 Å². The molecule has 106 valence electrons. The van der Waals surface area contributed by atoms with Crippen LogP contribution in [0.3, 0.4) is 0 Å². The second kappa shape index (κ2) is 6.18. The third-order valence-electron chi connectivity index (χ3n) is 3.06. The number of H-pyrrole nitrogens is 1. The number of hydrogen-bond acceptors (Lipinski definition) is 3. The number of rotatable bonds is 5. The third-order valence-corrected chi connectivity index (χ3v) is 3.06. The van der Waals surface area contributed by atoms with Gasteiger partial charge in [-0.2, -0.15) is 5.10 Å². The van der Waals surface area contributed by atoms with Crippen LogP contribution in [0.25, 0.3) is 0 Å². The van der Waals surface area contributed by atoms with Gasteiger partial charge in [-0.25, -0.2) is 4.39 Å². The summed E-state index contributed by atoms with van der Waals surface area (Å²) in [6.45, 7) is 2.33. The molecule has 1 aromatic heterocycles. The van der Waals surface area contributed by atoms with Crippen LogP contribution in [-0.4, -0.2) is 27.8 Å². The first-order valence-electron chi connectivity index (χ1n) is 6.34. The molecule has 5 nitrogen and oxygen atoms in total. The van der Waals surface area contributed by atoms with E-state index in [9.17, 15) is 14.3 Å². The molecule has 0 aliphatic heterocycles. The predicted octanol–water partition coefficient (Wildman–Crippen LogP) is 1.93. The lowest BCUT2D eigenvalue weighted by atomic mass is 10.1. The molecule has 1 heterocycles. The number of aromatic nitrogens is 2. The van der Waals surface area contributed by atoms with Crippen molar-refractivity contribution in [1.82, 2.24) is 15.5 Å². The summed E-state index contributed by atoms with van der Waals surface area (Å²) in [4.78, 5) is 11.8. The Morgan fingerprint density at radius 3 is 2.95 bits per heavy atom. The van der Waals surface area contributed by atoms with E-state index in [1.807, 2.05) is 6.92 Å². The molecule has 0 saturated heterocycles. The van der Waals surface area contributed by atoms with Crippen LogP contribution >= 0.6 is 0 Å². The van der Waals surface area contributed by atoms with E-state index in [1.54, 1.807) is 6.20 Å². The molecular weight excluding hydrogens is 261 g/mol. The highest BCUT2D eigenvalue weighted by Crippen LogP contribution is 2.19. The molecule has 2 rings (SSSR count). The van der Waals surface area contributed by atoms with Gasteiger partial charge in [0.1, 0.15) is 17.1 Å². The van der Waals surface area contributed by atoms with Crippen molar-refractivity contribution in [3.8, 4) is 5.75 Å². The smallest absolute Gasteiger partial charge is 0.258 e. The number of nitrogens with zero attached hydrogens (tertiary/aromatic N) is 1. The molecule has 0 aliphatic rings. The van der Waals surface area contributed by atoms with Crippen molar-refractivity contribution in [2.75, 3.05) is 6.54 Å². The van der Waals surface area contributed by atoms with Crippen LogP contribution in [0.4, 0.5) is 4.39 Å². The normalized spacial score (nSPS) is 10.5. The highest BCUT2D eigenvalue weighted by molar-refractivity contribution is 5.97. The summed E-state index contributed by atoms with van der Waals surface area (Å²) >= 11 is 0. The number of amides is 1. The van der Waals surface area contributed by atoms with Gasteiger partial charge in [-0.05, 0) is 37.5 Å². The van der Waals surface area contributed by atoms with Gasteiger partial charge in [-0.15, -0.1) is 0 Å². The molecule has 0 radical (unpaired) electrons. The number of hydrogen-bond donors (Lipinski definition) is 3. The lowest BCUT2D eigenvalue weighted by Gasteiger charge is -2.07. The Balaban J connectivity index is 1.85. The minimum Gasteiger partial charge on any atom is -0.507 e. The summed E-state index contributed by atoms with van der Waals surface area (Å²) in [7, 11) is 0. The number of phenolic OH excluding ortho intramolecular Hbond substituents is 1. The van der Waals surface area contributed by atoms with Gasteiger partial charge in [-0.1, -0.05) is 6.07 Å². The average Bonchev–Trinajstić information content (AvgIpc) is 2.80. The summed E-state index contributed by atoms with van der Waals surface area (Å²) in [5.74, 6) is -1.69. The highest BCUT2D eigenvalue weighted by atomic mass is 19.1. The monoisotopic (exact) mass is 277 g/mol. The zero-order chi connectivity index (χ0) is 14.5. The fraction of sp³-hybridized carbons (Fsp3) is 0.286. The van der Waals surface area contributed by atoms with Crippen molar-refractivity contribution in [3.63, 3.8) is 0 Å². The Hall–Kier alpha value is -2.37. The van der Waals surface area contributed by atoms with Gasteiger partial charge in [0.15, 0.2) is 0 Å². The Bertz CT molecular complexity index is 590. The van der Waals surface area contributed by atoms with E-state index in [2.05, 4.69) is 15.5 Å². The quantitative estimate of drug-likeness (QED) is 0.731. The van der Waals surface area contributed by atoms with Crippen LogP contribution in [0.5, 0.6) is 5.75 Å². The summed E-state index contributed by atoms with van der Waals surface area (Å²) in [5, 5.41) is 18.8. The summed E-state index contributed by atoms with van der Waals surface area (Å²) in [6, 6.07) is 3.78. The van der Waals surface area contributed by atoms with E-state index >= 15 is 0 Å². The van der Waals surface area contributed by atoms with E-state index in [4.69, 9.17) is 0 Å². The minimum atomic E-state index is -0.729. The maximum atomic E-state index is 13.5. The van der Waals surface area contributed by atoms with Crippen LogP contribution < -0.4 is 5.32 Å². The zero-order valence-corrected chi connectivity index (χ0v) is 11.1. The zero-order valence-electron chi connectivity index (χ0n) is 11.1. The van der Waals surface area contributed by atoms with Crippen LogP contribution in [0.2, 0.25) is 0 Å². The fourth-order valence-corrected chi connectivity index (χ4v) is 1.93. The molecule has 0 aliphatic carbocycles. The number of aromatic amines is 1. The first kappa shape index (κ1) is 14.0. The SMILES string of the molecule is Cc1[nH]ncc1CCCNC(=O)c1c(O)cccc1F. The van der Waals surface area contributed by atoms with Gasteiger partial charge in [0.2, 0.25) is 0 Å². The van der Waals surface area contributed by atoms with E-state index in [0.29, 0.717) is 13.0 Å². The molecule has 0 saturated carbocycles. The van der Waals surface area contributed by atoms with Gasteiger partial charge in [0.05, 0.1) is 6.20 Å². The van der Waals surface area contributed by atoms with Gasteiger partial charge >= 0.3 is 0 Å². The Morgan fingerprint density at radius 2 is 2.30 bits per heavy atom. The predicted molar refractivity (Wildman–Crippen MR) is 72.0 cm³/mol. The van der Waals surface area contributed by atoms with Crippen LogP contribution in [0.1, 0.15) is 28.0 Å². The summed E-state index contributed by atoms with van der Waals surface area (Å²) in [5.41, 5.74) is 1.78. The van der Waals surface area contributed by atoms with Crippen molar-refractivity contribution in [1.29, 1.82) is 0 Å². The number of benzene rings is 1. The van der Waals surface area contributed by atoms with Crippen molar-refractivity contribution < 1.29 is 14.3 Å². The molecule has 6 heteroatoms. The minimum absolute atomic E-state index is 0.313. The molecule has 0 unspecified atom stereocenters. The maximum absolute atomic E-state index is 13.5. The van der Waals surface area contributed by atoms with E-state index in [1.165, 1.54) is 12.1 Å². The van der Waals surface area contributed by atoms with E-state index in [-0.39, 0.29) is 11.3 Å². The number of aryl methyl sites for hydroxylation is 2. The van der Waals surface area contributed by atoms with Crippen LogP contribution in [0.15, 0.2) is 24.4 Å². The molecule has 3 N–H and O–H groups in total. The molecule has 20 heavy (non-hydrogen) atoms. The lowest BCUT2D eigenvalue weighted by Crippen LogP contribution is -2.25. The number of nitrogens with one attached hydrogen (secondary N) is 2. The fourth-order valence-electron chi connectivity index (χ4n) is 1.93. The Labute approximate surface area is 115 Å². The molecular formula is C14H16FN3O2. The highest BCUT2D eigenvalue weighted by Gasteiger charge is 2.15. The topological polar surface area (TPSA) is 78.0 Å². The first-order chi connectivity index (χ1) is 9.59. The molecule has 2 aromatic rings. The number of aromatic hydroxyl groups is 1. The van der Waals surface area contributed by atoms with Gasteiger partial charge in [0.25, 0.3) is 5.91 Å². The molecule has 0 bridgehead atoms. The Kier molecular flexibility index (Phi) is 4.34. The number of carbonyl (C=O) groups is 1. The van der Waals surface area contributed by atoms with E-state index < -0.39 is 11.7 Å². The van der Waals surface area contributed by atoms with Gasteiger partial charge in [-0.3, -0.25) is 9.89 Å². The molecule has 1 amide bonds. The van der Waals surface area contributed by atoms with Gasteiger partial charge in [0, 0.05) is 12.2 Å². The molecule has 0 atom stereocenters. The largest absolute Gasteiger partial charge is 0.507 e. The standard InChI is InChI=1S/C14H16FN3O2/c1-9-10(8-17-18-9)4-3-7-16-14(20)13-11(15)5-2-6-12(13)19/h2,5-6,8,19H,3-4,7H2,1H3,(H,16,20)(H,17,18). The number of phenols is 1. The van der Waals surface area contributed by atoms with Crippen LogP contribution in [0, 0.1) is 12.7 Å². The lowest BCUT2D eigenvalue weighted by molar-refractivity contribution is 0.0946. The second-order valence-corrected chi connectivity index (χ2v) is 4.51. The van der Waals surface area contributed by atoms with Crippen molar-refractivity contribution >= 4 is 5.91 Å². The Morgan fingerprint density at radius 1 is 1.50 bits per heavy atom. The second-order valence-electron chi connectivity index (χ2n) is 4.51. The van der Waals surface area contributed by atoms with Crippen molar-refractivity contribution in [3.05, 3.63) is 47.0 Å². The van der Waals surface area contributed by atoms with E-state index in [0.717, 1.165) is 23.7 Å². The molecule has 1 aromatic carbocycles. The number of halogens is 1. The first-order valence-corrected chi connectivity index (χ1v) is 6.34.